The van der Waals surface area contributed by atoms with Crippen molar-refractivity contribution in [1.29, 1.82) is 0 Å². The Labute approximate surface area is 147 Å². The van der Waals surface area contributed by atoms with Gasteiger partial charge in [-0.1, -0.05) is 0 Å². The molecule has 136 valence electrons. The van der Waals surface area contributed by atoms with Crippen molar-refractivity contribution in [3.63, 3.8) is 0 Å². The summed E-state index contributed by atoms with van der Waals surface area (Å²) >= 11 is 0. The van der Waals surface area contributed by atoms with Crippen molar-refractivity contribution in [3.8, 4) is 5.75 Å². The Morgan fingerprint density at radius 2 is 1.69 bits per heavy atom. The van der Waals surface area contributed by atoms with Gasteiger partial charge in [0.25, 0.3) is 5.91 Å². The smallest absolute Gasteiger partial charge is 0.325 e. The molecule has 1 heterocycles. The summed E-state index contributed by atoms with van der Waals surface area (Å²) in [5.41, 5.74) is -1.96. The van der Waals surface area contributed by atoms with Crippen molar-refractivity contribution in [1.82, 2.24) is 10.2 Å². The van der Waals surface area contributed by atoms with E-state index >= 15 is 0 Å². The fourth-order valence-corrected chi connectivity index (χ4v) is 2.75. The lowest BCUT2D eigenvalue weighted by Gasteiger charge is -2.22. The molecule has 0 aliphatic carbocycles. The average molecular weight is 364 g/mol. The summed E-state index contributed by atoms with van der Waals surface area (Å²) in [5, 5.41) is 2.40. The number of halogens is 3. The Hall–Kier alpha value is -3.03. The van der Waals surface area contributed by atoms with Gasteiger partial charge in [-0.2, -0.15) is 0 Å². The van der Waals surface area contributed by atoms with Crippen molar-refractivity contribution in [2.24, 2.45) is 0 Å². The number of amides is 3. The van der Waals surface area contributed by atoms with Crippen molar-refractivity contribution >= 4 is 11.9 Å². The summed E-state index contributed by atoms with van der Waals surface area (Å²) in [6.07, 6.45) is 0. The maximum atomic E-state index is 14.1. The molecule has 0 saturated carbocycles. The Bertz CT molecular complexity index is 857. The van der Waals surface area contributed by atoms with E-state index in [-0.39, 0.29) is 18.7 Å². The van der Waals surface area contributed by atoms with Gasteiger partial charge >= 0.3 is 6.03 Å². The summed E-state index contributed by atoms with van der Waals surface area (Å²) in [6, 6.07) is 7.23. The third-order valence-corrected chi connectivity index (χ3v) is 4.14. The number of rotatable bonds is 5. The number of nitrogens with one attached hydrogen (secondary N) is 1. The van der Waals surface area contributed by atoms with Gasteiger partial charge in [-0.25, -0.2) is 18.0 Å². The van der Waals surface area contributed by atoms with Crippen LogP contribution in [0.2, 0.25) is 0 Å². The Balaban J connectivity index is 1.72. The van der Waals surface area contributed by atoms with Crippen molar-refractivity contribution < 1.29 is 27.5 Å². The van der Waals surface area contributed by atoms with Crippen LogP contribution in [0, 0.1) is 17.5 Å². The van der Waals surface area contributed by atoms with Gasteiger partial charge in [0, 0.05) is 5.56 Å². The molecule has 3 amide bonds. The van der Waals surface area contributed by atoms with Crippen LogP contribution < -0.4 is 10.1 Å². The predicted octanol–water partition coefficient (Wildman–Crippen LogP) is 2.95. The molecule has 8 heteroatoms. The molecule has 1 saturated heterocycles. The highest BCUT2D eigenvalue weighted by molar-refractivity contribution is 6.07. The normalized spacial score (nSPS) is 19.6. The van der Waals surface area contributed by atoms with Gasteiger partial charge in [0.15, 0.2) is 0 Å². The van der Waals surface area contributed by atoms with Crippen LogP contribution in [0.5, 0.6) is 5.75 Å². The third kappa shape index (κ3) is 3.22. The maximum absolute atomic E-state index is 14.1. The number of hydrogen-bond acceptors (Lipinski definition) is 3. The Morgan fingerprint density at radius 3 is 2.38 bits per heavy atom. The average Bonchev–Trinajstić information content (AvgIpc) is 2.82. The van der Waals surface area contributed by atoms with Gasteiger partial charge in [-0.05, 0) is 49.4 Å². The lowest BCUT2D eigenvalue weighted by Crippen LogP contribution is -2.42. The molecule has 5 nitrogen and oxygen atoms in total. The summed E-state index contributed by atoms with van der Waals surface area (Å²) in [7, 11) is 0. The summed E-state index contributed by atoms with van der Waals surface area (Å²) < 4.78 is 45.7. The van der Waals surface area contributed by atoms with Crippen LogP contribution >= 0.6 is 0 Å². The summed E-state index contributed by atoms with van der Waals surface area (Å²) in [4.78, 5) is 25.6. The van der Waals surface area contributed by atoms with Crippen molar-refractivity contribution in [3.05, 3.63) is 65.5 Å². The molecule has 3 rings (SSSR count). The zero-order chi connectivity index (χ0) is 18.9. The SMILES string of the molecule is CC1(c2cc(F)ccc2F)NC(=O)N(CCOc2ccc(F)cc2)C1=O. The van der Waals surface area contributed by atoms with E-state index < -0.39 is 34.9 Å². The van der Waals surface area contributed by atoms with Crippen LogP contribution in [0.4, 0.5) is 18.0 Å². The standard InChI is InChI=1S/C18H15F3N2O3/c1-18(14-10-12(20)4-7-15(14)21)16(24)23(17(25)22-18)8-9-26-13-5-2-11(19)3-6-13/h2-7,10H,8-9H2,1H3,(H,22,25). The van der Waals surface area contributed by atoms with Crippen LogP contribution in [-0.4, -0.2) is 30.0 Å². The van der Waals surface area contributed by atoms with E-state index in [1.165, 1.54) is 31.2 Å². The number of urea groups is 1. The first-order valence-electron chi connectivity index (χ1n) is 7.79. The minimum atomic E-state index is -1.71. The van der Waals surface area contributed by atoms with Crippen LogP contribution in [0.15, 0.2) is 42.5 Å². The molecule has 0 aromatic heterocycles. The highest BCUT2D eigenvalue weighted by Gasteiger charge is 2.50. The second kappa shape index (κ2) is 6.70. The van der Waals surface area contributed by atoms with Crippen molar-refractivity contribution in [2.75, 3.05) is 13.2 Å². The molecule has 1 aliphatic heterocycles. The van der Waals surface area contributed by atoms with Gasteiger partial charge < -0.3 is 10.1 Å². The lowest BCUT2D eigenvalue weighted by atomic mass is 9.91. The molecular weight excluding hydrogens is 349 g/mol. The minimum absolute atomic E-state index is 0.0352. The quantitative estimate of drug-likeness (QED) is 0.830. The molecule has 0 radical (unpaired) electrons. The second-order valence-corrected chi connectivity index (χ2v) is 5.94. The first kappa shape index (κ1) is 17.8. The molecule has 2 aromatic carbocycles. The van der Waals surface area contributed by atoms with E-state index in [2.05, 4.69) is 5.32 Å². The van der Waals surface area contributed by atoms with E-state index in [1.807, 2.05) is 0 Å². The molecule has 1 unspecified atom stereocenters. The van der Waals surface area contributed by atoms with Gasteiger partial charge in [-0.3, -0.25) is 9.69 Å². The highest BCUT2D eigenvalue weighted by Crippen LogP contribution is 2.31. The molecule has 26 heavy (non-hydrogen) atoms. The number of benzene rings is 2. The Kier molecular flexibility index (Phi) is 4.58. The number of nitrogens with zero attached hydrogens (tertiary/aromatic N) is 1. The van der Waals surface area contributed by atoms with Gasteiger partial charge in [-0.15, -0.1) is 0 Å². The zero-order valence-corrected chi connectivity index (χ0v) is 13.8. The van der Waals surface area contributed by atoms with E-state index in [1.54, 1.807) is 0 Å². The topological polar surface area (TPSA) is 58.6 Å². The number of carbonyl (C=O) groups excluding carboxylic acids is 2. The van der Waals surface area contributed by atoms with Crippen LogP contribution in [0.25, 0.3) is 0 Å². The lowest BCUT2D eigenvalue weighted by molar-refractivity contribution is -0.131. The third-order valence-electron chi connectivity index (χ3n) is 4.14. The van der Waals surface area contributed by atoms with Gasteiger partial charge in [0.05, 0.1) is 6.54 Å². The summed E-state index contributed by atoms with van der Waals surface area (Å²) in [6.45, 7) is 1.17. The molecule has 1 fully saturated rings. The van der Waals surface area contributed by atoms with E-state index in [0.717, 1.165) is 23.1 Å². The van der Waals surface area contributed by atoms with E-state index in [0.29, 0.717) is 5.75 Å². The molecule has 0 spiro atoms. The number of carbonyl (C=O) groups is 2. The van der Waals surface area contributed by atoms with Gasteiger partial charge in [0.1, 0.15) is 35.3 Å². The molecule has 1 atom stereocenters. The fourth-order valence-electron chi connectivity index (χ4n) is 2.75. The van der Waals surface area contributed by atoms with E-state index in [4.69, 9.17) is 4.74 Å². The largest absolute Gasteiger partial charge is 0.492 e. The van der Waals surface area contributed by atoms with Crippen LogP contribution in [0.3, 0.4) is 0 Å². The molecular formula is C18H15F3N2O3. The second-order valence-electron chi connectivity index (χ2n) is 5.94. The maximum Gasteiger partial charge on any atom is 0.325 e. The molecule has 1 aliphatic rings. The first-order valence-corrected chi connectivity index (χ1v) is 7.79. The van der Waals surface area contributed by atoms with Crippen LogP contribution in [0.1, 0.15) is 12.5 Å². The Morgan fingerprint density at radius 1 is 1.04 bits per heavy atom. The molecule has 0 bridgehead atoms. The van der Waals surface area contributed by atoms with Gasteiger partial charge in [0.2, 0.25) is 0 Å². The van der Waals surface area contributed by atoms with Crippen LogP contribution in [-0.2, 0) is 10.3 Å². The first-order chi connectivity index (χ1) is 12.3. The molecule has 1 N–H and O–H groups in total. The highest BCUT2D eigenvalue weighted by atomic mass is 19.1. The molecule has 2 aromatic rings. The predicted molar refractivity (Wildman–Crippen MR) is 85.8 cm³/mol. The minimum Gasteiger partial charge on any atom is -0.492 e. The number of imide groups is 1. The zero-order valence-electron chi connectivity index (χ0n) is 13.8. The summed E-state index contributed by atoms with van der Waals surface area (Å²) in [5.74, 6) is -2.28. The fraction of sp³-hybridized carbons (Fsp3) is 0.222. The monoisotopic (exact) mass is 364 g/mol. The number of ether oxygens (including phenoxy) is 1. The number of hydrogen-bond donors (Lipinski definition) is 1. The van der Waals surface area contributed by atoms with E-state index in [9.17, 15) is 22.8 Å². The van der Waals surface area contributed by atoms with Crippen molar-refractivity contribution in [2.45, 2.75) is 12.5 Å².